The number of anilines is 1. The van der Waals surface area contributed by atoms with Crippen molar-refractivity contribution in [3.05, 3.63) is 106 Å². The molecular weight excluding hydrogens is 422 g/mol. The van der Waals surface area contributed by atoms with Gasteiger partial charge in [-0.25, -0.2) is 4.98 Å². The molecule has 0 aliphatic rings. The lowest BCUT2D eigenvalue weighted by Crippen LogP contribution is -2.43. The minimum atomic E-state index is -0.872. The largest absolute Gasteiger partial charge is 0.467 e. The fraction of sp³-hybridized carbons (Fsp3) is 0.160. The van der Waals surface area contributed by atoms with E-state index in [0.29, 0.717) is 27.6 Å². The standard InChI is InChI=1S/C25H23N3O3S/c1-17-23(32-18(2)27-17)25(30)28(20-12-7-4-8-13-20)22(19-10-5-3-6-11-19)24(29)26-16-21-14-9-15-31-21/h3-15,22H,16H2,1-2H3,(H,26,29). The molecule has 4 rings (SSSR count). The van der Waals surface area contributed by atoms with Crippen molar-refractivity contribution in [3.63, 3.8) is 0 Å². The Bertz CT molecular complexity index is 1190. The summed E-state index contributed by atoms with van der Waals surface area (Å²) in [5, 5.41) is 3.72. The van der Waals surface area contributed by atoms with E-state index in [1.54, 1.807) is 23.3 Å². The fourth-order valence-electron chi connectivity index (χ4n) is 3.55. The van der Waals surface area contributed by atoms with E-state index in [0.717, 1.165) is 5.01 Å². The van der Waals surface area contributed by atoms with Gasteiger partial charge in [0.25, 0.3) is 5.91 Å². The highest BCUT2D eigenvalue weighted by atomic mass is 32.1. The zero-order valence-electron chi connectivity index (χ0n) is 17.8. The second-order valence-corrected chi connectivity index (χ2v) is 8.47. The molecular formula is C25H23N3O3S. The Labute approximate surface area is 190 Å². The highest BCUT2D eigenvalue weighted by Gasteiger charge is 2.34. The minimum Gasteiger partial charge on any atom is -0.467 e. The summed E-state index contributed by atoms with van der Waals surface area (Å²) in [6.45, 7) is 3.91. The second kappa shape index (κ2) is 9.62. The molecule has 6 nitrogen and oxygen atoms in total. The van der Waals surface area contributed by atoms with Crippen molar-refractivity contribution in [2.75, 3.05) is 4.90 Å². The molecule has 7 heteroatoms. The summed E-state index contributed by atoms with van der Waals surface area (Å²) in [6, 6.07) is 21.2. The third kappa shape index (κ3) is 4.63. The maximum Gasteiger partial charge on any atom is 0.271 e. The van der Waals surface area contributed by atoms with Crippen LogP contribution in [0.25, 0.3) is 0 Å². The smallest absolute Gasteiger partial charge is 0.271 e. The van der Waals surface area contributed by atoms with E-state index in [1.165, 1.54) is 11.3 Å². The van der Waals surface area contributed by atoms with Gasteiger partial charge in [0.1, 0.15) is 16.7 Å². The molecule has 0 saturated heterocycles. The lowest BCUT2D eigenvalue weighted by atomic mass is 10.0. The molecule has 0 fully saturated rings. The summed E-state index contributed by atoms with van der Waals surface area (Å²) in [6.07, 6.45) is 1.56. The molecule has 1 unspecified atom stereocenters. The number of hydrogen-bond acceptors (Lipinski definition) is 5. The predicted octanol–water partition coefficient (Wildman–Crippen LogP) is 5.06. The average Bonchev–Trinajstić information content (AvgIpc) is 3.45. The quantitative estimate of drug-likeness (QED) is 0.432. The van der Waals surface area contributed by atoms with Crippen LogP contribution < -0.4 is 10.2 Å². The van der Waals surface area contributed by atoms with Crippen LogP contribution in [0.4, 0.5) is 5.69 Å². The Balaban J connectivity index is 1.78. The molecule has 0 spiro atoms. The number of aromatic nitrogens is 1. The van der Waals surface area contributed by atoms with E-state index in [4.69, 9.17) is 4.42 Å². The Morgan fingerprint density at radius 1 is 1.00 bits per heavy atom. The number of aryl methyl sites for hydroxylation is 2. The number of benzene rings is 2. The van der Waals surface area contributed by atoms with Crippen molar-refractivity contribution < 1.29 is 14.0 Å². The highest BCUT2D eigenvalue weighted by molar-refractivity contribution is 7.13. The molecule has 162 valence electrons. The maximum absolute atomic E-state index is 13.8. The van der Waals surface area contributed by atoms with Gasteiger partial charge in [-0.1, -0.05) is 48.5 Å². The van der Waals surface area contributed by atoms with Gasteiger partial charge in [-0.3, -0.25) is 14.5 Å². The van der Waals surface area contributed by atoms with E-state index < -0.39 is 6.04 Å². The summed E-state index contributed by atoms with van der Waals surface area (Å²) in [5.41, 5.74) is 1.99. The van der Waals surface area contributed by atoms with Crippen LogP contribution in [-0.2, 0) is 11.3 Å². The molecule has 0 bridgehead atoms. The maximum atomic E-state index is 13.8. The van der Waals surface area contributed by atoms with E-state index in [-0.39, 0.29) is 18.4 Å². The Hall–Kier alpha value is -3.71. The number of thiazole rings is 1. The molecule has 1 atom stereocenters. The van der Waals surface area contributed by atoms with E-state index in [2.05, 4.69) is 10.3 Å². The SMILES string of the molecule is Cc1nc(C)c(C(=O)N(c2ccccc2)C(C(=O)NCc2ccco2)c2ccccc2)s1. The van der Waals surface area contributed by atoms with Gasteiger partial charge in [0.15, 0.2) is 0 Å². The number of para-hydroxylation sites is 1. The van der Waals surface area contributed by atoms with Crippen LogP contribution in [0.2, 0.25) is 0 Å². The number of rotatable bonds is 7. The molecule has 2 heterocycles. The summed E-state index contributed by atoms with van der Waals surface area (Å²) >= 11 is 1.33. The van der Waals surface area contributed by atoms with E-state index >= 15 is 0 Å². The number of carbonyl (C=O) groups excluding carboxylic acids is 2. The van der Waals surface area contributed by atoms with Crippen LogP contribution in [0, 0.1) is 13.8 Å². The number of nitrogens with one attached hydrogen (secondary N) is 1. The first-order valence-electron chi connectivity index (χ1n) is 10.2. The summed E-state index contributed by atoms with van der Waals surface area (Å²) in [7, 11) is 0. The molecule has 2 aromatic heterocycles. The Kier molecular flexibility index (Phi) is 6.47. The van der Waals surface area contributed by atoms with E-state index in [9.17, 15) is 9.59 Å². The Morgan fingerprint density at radius 3 is 2.28 bits per heavy atom. The fourth-order valence-corrected chi connectivity index (χ4v) is 4.41. The van der Waals surface area contributed by atoms with Crippen molar-refractivity contribution in [2.24, 2.45) is 0 Å². The molecule has 32 heavy (non-hydrogen) atoms. The van der Waals surface area contributed by atoms with Gasteiger partial charge < -0.3 is 9.73 Å². The highest BCUT2D eigenvalue weighted by Crippen LogP contribution is 2.32. The topological polar surface area (TPSA) is 75.4 Å². The minimum absolute atomic E-state index is 0.227. The van der Waals surface area contributed by atoms with Crippen LogP contribution in [0.3, 0.4) is 0 Å². The summed E-state index contributed by atoms with van der Waals surface area (Å²) in [4.78, 5) is 33.8. The van der Waals surface area contributed by atoms with Gasteiger partial charge in [0.05, 0.1) is 23.5 Å². The molecule has 0 aliphatic heterocycles. The van der Waals surface area contributed by atoms with Crippen LogP contribution in [0.1, 0.15) is 37.7 Å². The average molecular weight is 446 g/mol. The van der Waals surface area contributed by atoms with Gasteiger partial charge in [0, 0.05) is 5.69 Å². The molecule has 4 aromatic rings. The van der Waals surface area contributed by atoms with Gasteiger partial charge in [-0.15, -0.1) is 11.3 Å². The van der Waals surface area contributed by atoms with Crippen molar-refractivity contribution in [2.45, 2.75) is 26.4 Å². The van der Waals surface area contributed by atoms with Gasteiger partial charge in [-0.05, 0) is 43.7 Å². The van der Waals surface area contributed by atoms with Crippen molar-refractivity contribution in [1.82, 2.24) is 10.3 Å². The lowest BCUT2D eigenvalue weighted by Gasteiger charge is -2.31. The van der Waals surface area contributed by atoms with Crippen LogP contribution in [0.5, 0.6) is 0 Å². The molecule has 2 amide bonds. The van der Waals surface area contributed by atoms with E-state index in [1.807, 2.05) is 74.5 Å². The van der Waals surface area contributed by atoms with Crippen molar-refractivity contribution >= 4 is 28.8 Å². The number of hydrogen-bond donors (Lipinski definition) is 1. The van der Waals surface area contributed by atoms with Gasteiger partial charge >= 0.3 is 0 Å². The molecule has 1 N–H and O–H groups in total. The van der Waals surface area contributed by atoms with Gasteiger partial charge in [-0.2, -0.15) is 0 Å². The summed E-state index contributed by atoms with van der Waals surface area (Å²) < 4.78 is 5.35. The lowest BCUT2D eigenvalue weighted by molar-refractivity contribution is -0.122. The first-order chi connectivity index (χ1) is 15.5. The van der Waals surface area contributed by atoms with Crippen LogP contribution >= 0.6 is 11.3 Å². The normalized spacial score (nSPS) is 11.7. The number of furan rings is 1. The molecule has 0 radical (unpaired) electrons. The molecule has 0 saturated carbocycles. The first kappa shape index (κ1) is 21.5. The third-order valence-electron chi connectivity index (χ3n) is 4.99. The van der Waals surface area contributed by atoms with Crippen molar-refractivity contribution in [1.29, 1.82) is 0 Å². The number of carbonyl (C=O) groups is 2. The zero-order valence-corrected chi connectivity index (χ0v) is 18.6. The zero-order chi connectivity index (χ0) is 22.5. The van der Waals surface area contributed by atoms with Crippen molar-refractivity contribution in [3.8, 4) is 0 Å². The second-order valence-electron chi connectivity index (χ2n) is 7.27. The Morgan fingerprint density at radius 2 is 1.69 bits per heavy atom. The van der Waals surface area contributed by atoms with Crippen LogP contribution in [0.15, 0.2) is 83.5 Å². The third-order valence-corrected chi connectivity index (χ3v) is 6.05. The first-order valence-corrected chi connectivity index (χ1v) is 11.0. The number of amides is 2. The molecule has 2 aromatic carbocycles. The van der Waals surface area contributed by atoms with Gasteiger partial charge in [0.2, 0.25) is 5.91 Å². The number of nitrogens with zero attached hydrogens (tertiary/aromatic N) is 2. The summed E-state index contributed by atoms with van der Waals surface area (Å²) in [5.74, 6) is 0.0710. The predicted molar refractivity (Wildman–Crippen MR) is 125 cm³/mol. The van der Waals surface area contributed by atoms with Crippen LogP contribution in [-0.4, -0.2) is 16.8 Å². The monoisotopic (exact) mass is 445 g/mol. The molecule has 0 aliphatic carbocycles.